The lowest BCUT2D eigenvalue weighted by molar-refractivity contribution is -0.0693. The lowest BCUT2D eigenvalue weighted by Gasteiger charge is -2.19. The van der Waals surface area contributed by atoms with Crippen molar-refractivity contribution in [2.75, 3.05) is 0 Å². The minimum absolute atomic E-state index is 0.0158. The van der Waals surface area contributed by atoms with E-state index in [0.717, 1.165) is 19.3 Å². The van der Waals surface area contributed by atoms with E-state index in [0.29, 0.717) is 6.42 Å². The Bertz CT molecular complexity index is 363. The van der Waals surface area contributed by atoms with Crippen molar-refractivity contribution in [3.8, 4) is 12.3 Å². The molecule has 3 nitrogen and oxygen atoms in total. The number of halogens is 1. The summed E-state index contributed by atoms with van der Waals surface area (Å²) in [6, 6.07) is 0. The highest BCUT2D eigenvalue weighted by Crippen LogP contribution is 2.35. The molecule has 2 heterocycles. The molecular formula is C15H21ClO3. The molecular weight excluding hydrogens is 264 g/mol. The number of hydrogen-bond donors (Lipinski definition) is 1. The molecule has 6 unspecified atom stereocenters. The molecule has 19 heavy (non-hydrogen) atoms. The molecule has 0 bridgehead atoms. The average Bonchev–Trinajstić information content (AvgIpc) is 2.93. The third kappa shape index (κ3) is 3.52. The van der Waals surface area contributed by atoms with Crippen molar-refractivity contribution in [3.63, 3.8) is 0 Å². The maximum Gasteiger partial charge on any atom is 0.0868 e. The summed E-state index contributed by atoms with van der Waals surface area (Å²) in [5.41, 5.74) is 0. The molecule has 0 aromatic heterocycles. The van der Waals surface area contributed by atoms with Crippen molar-refractivity contribution in [2.24, 2.45) is 0 Å². The van der Waals surface area contributed by atoms with Crippen LogP contribution in [0, 0.1) is 12.3 Å². The van der Waals surface area contributed by atoms with Crippen molar-refractivity contribution < 1.29 is 14.6 Å². The molecule has 6 atom stereocenters. The second-order valence-corrected chi connectivity index (χ2v) is 5.75. The van der Waals surface area contributed by atoms with Crippen molar-refractivity contribution in [1.82, 2.24) is 0 Å². The fourth-order valence-corrected chi connectivity index (χ4v) is 3.16. The van der Waals surface area contributed by atoms with Gasteiger partial charge in [0.15, 0.2) is 0 Å². The number of aliphatic hydroxyl groups excluding tert-OH is 1. The molecule has 1 N–H and O–H groups in total. The largest absolute Gasteiger partial charge is 0.390 e. The van der Waals surface area contributed by atoms with Crippen LogP contribution in [0.25, 0.3) is 0 Å². The van der Waals surface area contributed by atoms with Gasteiger partial charge in [-0.05, 0) is 25.3 Å². The van der Waals surface area contributed by atoms with Gasteiger partial charge >= 0.3 is 0 Å². The smallest absolute Gasteiger partial charge is 0.0868 e. The number of aliphatic hydroxyl groups is 1. The van der Waals surface area contributed by atoms with E-state index in [-0.39, 0.29) is 35.9 Å². The van der Waals surface area contributed by atoms with Crippen LogP contribution in [0.15, 0.2) is 12.2 Å². The van der Waals surface area contributed by atoms with Gasteiger partial charge in [0.2, 0.25) is 0 Å². The Hall–Kier alpha value is -0.530. The normalized spacial score (nSPS) is 42.8. The molecule has 2 aliphatic rings. The van der Waals surface area contributed by atoms with Gasteiger partial charge in [-0.3, -0.25) is 0 Å². The maximum atomic E-state index is 9.88. The zero-order valence-corrected chi connectivity index (χ0v) is 11.9. The summed E-state index contributed by atoms with van der Waals surface area (Å²) >= 11 is 6.31. The highest BCUT2D eigenvalue weighted by molar-refractivity contribution is 6.21. The maximum absolute atomic E-state index is 9.88. The van der Waals surface area contributed by atoms with E-state index in [1.807, 2.05) is 13.0 Å². The molecule has 0 amide bonds. The molecule has 0 aromatic rings. The van der Waals surface area contributed by atoms with Crippen LogP contribution in [-0.4, -0.2) is 41.0 Å². The summed E-state index contributed by atoms with van der Waals surface area (Å²) in [6.45, 7) is 2.02. The molecule has 2 saturated heterocycles. The summed E-state index contributed by atoms with van der Waals surface area (Å²) in [4.78, 5) is 0. The summed E-state index contributed by atoms with van der Waals surface area (Å²) in [5, 5.41) is 9.86. The fraction of sp³-hybridized carbons (Fsp3) is 0.733. The van der Waals surface area contributed by atoms with Crippen LogP contribution in [0.1, 0.15) is 32.6 Å². The van der Waals surface area contributed by atoms with E-state index >= 15 is 0 Å². The van der Waals surface area contributed by atoms with Gasteiger partial charge in [0.25, 0.3) is 0 Å². The topological polar surface area (TPSA) is 38.7 Å². The molecule has 4 heteroatoms. The van der Waals surface area contributed by atoms with Crippen molar-refractivity contribution >= 4 is 11.6 Å². The minimum atomic E-state index is -0.382. The van der Waals surface area contributed by atoms with Gasteiger partial charge in [-0.1, -0.05) is 18.9 Å². The summed E-state index contributed by atoms with van der Waals surface area (Å²) < 4.78 is 11.8. The first-order valence-electron chi connectivity index (χ1n) is 6.89. The predicted octanol–water partition coefficient (Wildman–Crippen LogP) is 2.26. The van der Waals surface area contributed by atoms with Crippen LogP contribution in [0.3, 0.4) is 0 Å². The predicted molar refractivity (Wildman–Crippen MR) is 75.1 cm³/mol. The zero-order chi connectivity index (χ0) is 13.8. The molecule has 0 aromatic carbocycles. The summed E-state index contributed by atoms with van der Waals surface area (Å²) in [6.07, 6.45) is 11.2. The second kappa shape index (κ2) is 6.76. The SMILES string of the molecule is C#C/C=C/CC1OC(C2CC(O)C(CC)O2)CC1Cl. The van der Waals surface area contributed by atoms with Crippen LogP contribution in [0.2, 0.25) is 0 Å². The molecule has 0 aliphatic carbocycles. The number of terminal acetylenes is 1. The van der Waals surface area contributed by atoms with E-state index in [9.17, 15) is 5.11 Å². The van der Waals surface area contributed by atoms with Crippen LogP contribution < -0.4 is 0 Å². The quantitative estimate of drug-likeness (QED) is 0.636. The number of allylic oxidation sites excluding steroid dienone is 1. The van der Waals surface area contributed by atoms with Gasteiger partial charge in [-0.15, -0.1) is 18.0 Å². The Kier molecular flexibility index (Phi) is 5.29. The van der Waals surface area contributed by atoms with E-state index < -0.39 is 0 Å². The van der Waals surface area contributed by atoms with Gasteiger partial charge in [-0.25, -0.2) is 0 Å². The zero-order valence-electron chi connectivity index (χ0n) is 11.2. The Morgan fingerprint density at radius 3 is 2.63 bits per heavy atom. The molecule has 0 spiro atoms. The van der Waals surface area contributed by atoms with E-state index in [2.05, 4.69) is 5.92 Å². The number of hydrogen-bond acceptors (Lipinski definition) is 3. The van der Waals surface area contributed by atoms with Crippen molar-refractivity contribution in [1.29, 1.82) is 0 Å². The standard InChI is InChI=1S/C15H21ClO3/c1-3-5-6-7-13-10(16)8-14(19-13)15-9-11(17)12(4-2)18-15/h1,5-6,10-15,17H,4,7-9H2,2H3/b6-5+. The van der Waals surface area contributed by atoms with Crippen molar-refractivity contribution in [3.05, 3.63) is 12.2 Å². The molecule has 0 saturated carbocycles. The molecule has 2 rings (SSSR count). The van der Waals surface area contributed by atoms with E-state index in [4.69, 9.17) is 27.5 Å². The highest BCUT2D eigenvalue weighted by atomic mass is 35.5. The fourth-order valence-electron chi connectivity index (χ4n) is 2.82. The van der Waals surface area contributed by atoms with Crippen LogP contribution in [0.4, 0.5) is 0 Å². The van der Waals surface area contributed by atoms with Gasteiger partial charge in [0.1, 0.15) is 0 Å². The Morgan fingerprint density at radius 1 is 1.32 bits per heavy atom. The van der Waals surface area contributed by atoms with Crippen LogP contribution in [0.5, 0.6) is 0 Å². The summed E-state index contributed by atoms with van der Waals surface area (Å²) in [5.74, 6) is 2.46. The second-order valence-electron chi connectivity index (χ2n) is 5.19. The monoisotopic (exact) mass is 284 g/mol. The van der Waals surface area contributed by atoms with Gasteiger partial charge in [0, 0.05) is 6.42 Å². The molecule has 106 valence electrons. The van der Waals surface area contributed by atoms with Crippen LogP contribution in [-0.2, 0) is 9.47 Å². The Morgan fingerprint density at radius 2 is 2.00 bits per heavy atom. The lowest BCUT2D eigenvalue weighted by Crippen LogP contribution is -2.26. The third-order valence-corrected chi connectivity index (χ3v) is 4.32. The molecule has 0 radical (unpaired) electrons. The van der Waals surface area contributed by atoms with E-state index in [1.54, 1.807) is 6.08 Å². The lowest BCUT2D eigenvalue weighted by atomic mass is 10.0. The first-order chi connectivity index (χ1) is 9.15. The highest BCUT2D eigenvalue weighted by Gasteiger charge is 2.43. The van der Waals surface area contributed by atoms with Gasteiger partial charge < -0.3 is 14.6 Å². The number of ether oxygens (including phenoxy) is 2. The van der Waals surface area contributed by atoms with Crippen LogP contribution >= 0.6 is 11.6 Å². The van der Waals surface area contributed by atoms with E-state index in [1.165, 1.54) is 0 Å². The van der Waals surface area contributed by atoms with Crippen molar-refractivity contribution in [2.45, 2.75) is 68.5 Å². The molecule has 2 fully saturated rings. The summed E-state index contributed by atoms with van der Waals surface area (Å²) in [7, 11) is 0. The first-order valence-corrected chi connectivity index (χ1v) is 7.33. The Balaban J connectivity index is 1.87. The average molecular weight is 285 g/mol. The third-order valence-electron chi connectivity index (χ3n) is 3.86. The number of rotatable bonds is 4. The number of alkyl halides is 1. The van der Waals surface area contributed by atoms with Gasteiger partial charge in [0.05, 0.1) is 35.9 Å². The molecule has 2 aliphatic heterocycles. The van der Waals surface area contributed by atoms with Gasteiger partial charge in [-0.2, -0.15) is 0 Å². The minimum Gasteiger partial charge on any atom is -0.390 e. The Labute approximate surface area is 119 Å². The first kappa shape index (κ1) is 14.9.